The number of nitrogens with one attached hydrogen (secondary N) is 3. The summed E-state index contributed by atoms with van der Waals surface area (Å²) in [4.78, 5) is 22.9. The van der Waals surface area contributed by atoms with Crippen LogP contribution in [0.4, 0.5) is 30.9 Å². The van der Waals surface area contributed by atoms with Gasteiger partial charge in [0.15, 0.2) is 0 Å². The maximum atomic E-state index is 13.2. The van der Waals surface area contributed by atoms with Crippen LogP contribution in [-0.2, 0) is 0 Å². The molecule has 1 saturated carbocycles. The van der Waals surface area contributed by atoms with Crippen molar-refractivity contribution in [3.63, 3.8) is 0 Å². The topological polar surface area (TPSA) is 82.2 Å². The van der Waals surface area contributed by atoms with Gasteiger partial charge in [0.1, 0.15) is 29.1 Å². The zero-order valence-corrected chi connectivity index (χ0v) is 16.8. The van der Waals surface area contributed by atoms with E-state index in [0.29, 0.717) is 5.82 Å². The van der Waals surface area contributed by atoms with E-state index in [0.717, 1.165) is 55.5 Å². The van der Waals surface area contributed by atoms with E-state index in [2.05, 4.69) is 25.9 Å². The molecule has 3 rings (SSSR count). The standard InChI is InChI=1S/C20H26F2N6O/c1-12-23-18(11-19(24-12)28(2)3)25-15-4-6-16(7-5-15)26-20(29)27-17-9-13(21)8-14(22)10-17/h8-11,15-16H,4-7H2,1-3H3,(H,23,24,25)(H2,26,27,29). The molecule has 0 bridgehead atoms. The molecule has 1 fully saturated rings. The second kappa shape index (κ2) is 9.02. The Morgan fingerprint density at radius 3 is 2.24 bits per heavy atom. The second-order valence-electron chi connectivity index (χ2n) is 7.50. The van der Waals surface area contributed by atoms with Crippen molar-refractivity contribution in [3.05, 3.63) is 41.7 Å². The third kappa shape index (κ3) is 6.00. The molecule has 1 aliphatic carbocycles. The Bertz CT molecular complexity index is 848. The van der Waals surface area contributed by atoms with Gasteiger partial charge in [-0.1, -0.05) is 0 Å². The molecule has 0 spiro atoms. The number of carbonyl (C=O) groups is 1. The molecule has 3 N–H and O–H groups in total. The molecule has 0 atom stereocenters. The molecule has 1 heterocycles. The van der Waals surface area contributed by atoms with Crippen molar-refractivity contribution >= 4 is 23.4 Å². The van der Waals surface area contributed by atoms with Gasteiger partial charge in [-0.05, 0) is 44.7 Å². The van der Waals surface area contributed by atoms with Crippen LogP contribution in [-0.4, -0.2) is 42.2 Å². The lowest BCUT2D eigenvalue weighted by molar-refractivity contribution is 0.243. The maximum absolute atomic E-state index is 13.2. The highest BCUT2D eigenvalue weighted by atomic mass is 19.1. The van der Waals surface area contributed by atoms with Crippen molar-refractivity contribution in [1.82, 2.24) is 15.3 Å². The summed E-state index contributed by atoms with van der Waals surface area (Å²) in [6.45, 7) is 1.86. The predicted octanol–water partition coefficient (Wildman–Crippen LogP) is 3.67. The third-order valence-electron chi connectivity index (χ3n) is 4.82. The van der Waals surface area contributed by atoms with E-state index in [1.807, 2.05) is 32.0 Å². The fraction of sp³-hybridized carbons (Fsp3) is 0.450. The van der Waals surface area contributed by atoms with Crippen LogP contribution in [0.25, 0.3) is 0 Å². The smallest absolute Gasteiger partial charge is 0.319 e. The zero-order valence-electron chi connectivity index (χ0n) is 16.8. The summed E-state index contributed by atoms with van der Waals surface area (Å²) < 4.78 is 26.4. The maximum Gasteiger partial charge on any atom is 0.319 e. The molecule has 2 aromatic rings. The van der Waals surface area contributed by atoms with Crippen LogP contribution in [0.1, 0.15) is 31.5 Å². The lowest BCUT2D eigenvalue weighted by Gasteiger charge is -2.30. The van der Waals surface area contributed by atoms with Gasteiger partial charge < -0.3 is 20.9 Å². The van der Waals surface area contributed by atoms with Crippen LogP contribution in [0, 0.1) is 18.6 Å². The summed E-state index contributed by atoms with van der Waals surface area (Å²) in [5, 5.41) is 8.80. The number of carbonyl (C=O) groups excluding carboxylic acids is 1. The largest absolute Gasteiger partial charge is 0.367 e. The molecular formula is C20H26F2N6O. The van der Waals surface area contributed by atoms with Gasteiger partial charge in [-0.2, -0.15) is 0 Å². The number of rotatable bonds is 5. The van der Waals surface area contributed by atoms with Crippen molar-refractivity contribution in [2.45, 2.75) is 44.7 Å². The third-order valence-corrected chi connectivity index (χ3v) is 4.82. The molecular weight excluding hydrogens is 378 g/mol. The van der Waals surface area contributed by atoms with Crippen molar-refractivity contribution in [2.24, 2.45) is 0 Å². The van der Waals surface area contributed by atoms with Crippen molar-refractivity contribution < 1.29 is 13.6 Å². The lowest BCUT2D eigenvalue weighted by atomic mass is 9.91. The molecule has 156 valence electrons. The second-order valence-corrected chi connectivity index (χ2v) is 7.50. The summed E-state index contributed by atoms with van der Waals surface area (Å²) in [5.41, 5.74) is 0.0891. The molecule has 0 aliphatic heterocycles. The molecule has 1 aromatic carbocycles. The number of benzene rings is 1. The summed E-state index contributed by atoms with van der Waals surface area (Å²) in [6, 6.07) is 4.65. The minimum atomic E-state index is -0.732. The first-order valence-corrected chi connectivity index (χ1v) is 9.61. The van der Waals surface area contributed by atoms with Gasteiger partial charge in [-0.3, -0.25) is 0 Å². The lowest BCUT2D eigenvalue weighted by Crippen LogP contribution is -2.42. The van der Waals surface area contributed by atoms with E-state index >= 15 is 0 Å². The molecule has 2 amide bonds. The summed E-state index contributed by atoms with van der Waals surface area (Å²) in [6.07, 6.45) is 3.35. The Hall–Kier alpha value is -2.97. The number of hydrogen-bond acceptors (Lipinski definition) is 5. The van der Waals surface area contributed by atoms with Crippen LogP contribution in [0.3, 0.4) is 0 Å². The van der Waals surface area contributed by atoms with E-state index < -0.39 is 17.7 Å². The Balaban J connectivity index is 1.48. The quantitative estimate of drug-likeness (QED) is 0.708. The van der Waals surface area contributed by atoms with Gasteiger partial charge in [0.2, 0.25) is 0 Å². The van der Waals surface area contributed by atoms with Crippen LogP contribution >= 0.6 is 0 Å². The summed E-state index contributed by atoms with van der Waals surface area (Å²) in [7, 11) is 3.87. The van der Waals surface area contributed by atoms with Crippen LogP contribution in [0.5, 0.6) is 0 Å². The fourth-order valence-corrected chi connectivity index (χ4v) is 3.42. The minimum absolute atomic E-state index is 0.0101. The average molecular weight is 404 g/mol. The highest BCUT2D eigenvalue weighted by molar-refractivity contribution is 5.89. The van der Waals surface area contributed by atoms with E-state index in [9.17, 15) is 13.6 Å². The highest BCUT2D eigenvalue weighted by Gasteiger charge is 2.23. The van der Waals surface area contributed by atoms with E-state index in [1.165, 1.54) is 0 Å². The van der Waals surface area contributed by atoms with Crippen LogP contribution in [0.2, 0.25) is 0 Å². The monoisotopic (exact) mass is 404 g/mol. The van der Waals surface area contributed by atoms with Gasteiger partial charge in [-0.15, -0.1) is 0 Å². The number of aromatic nitrogens is 2. The summed E-state index contributed by atoms with van der Waals surface area (Å²) in [5.74, 6) is 0.886. The van der Waals surface area contributed by atoms with Gasteiger partial charge in [0.25, 0.3) is 0 Å². The Labute approximate surface area is 168 Å². The van der Waals surface area contributed by atoms with Crippen molar-refractivity contribution in [2.75, 3.05) is 29.6 Å². The number of nitrogens with zero attached hydrogens (tertiary/aromatic N) is 3. The van der Waals surface area contributed by atoms with E-state index in [4.69, 9.17) is 0 Å². The molecule has 9 heteroatoms. The highest BCUT2D eigenvalue weighted by Crippen LogP contribution is 2.23. The first-order chi connectivity index (χ1) is 13.8. The molecule has 1 aromatic heterocycles. The molecule has 7 nitrogen and oxygen atoms in total. The zero-order chi connectivity index (χ0) is 21.0. The van der Waals surface area contributed by atoms with Gasteiger partial charge >= 0.3 is 6.03 Å². The Morgan fingerprint density at radius 2 is 1.62 bits per heavy atom. The number of aryl methyl sites for hydroxylation is 1. The molecule has 0 radical (unpaired) electrons. The Morgan fingerprint density at radius 1 is 1.00 bits per heavy atom. The van der Waals surface area contributed by atoms with Gasteiger partial charge in [-0.25, -0.2) is 23.5 Å². The van der Waals surface area contributed by atoms with E-state index in [1.54, 1.807) is 0 Å². The fourth-order valence-electron chi connectivity index (χ4n) is 3.42. The van der Waals surface area contributed by atoms with Crippen molar-refractivity contribution in [1.29, 1.82) is 0 Å². The van der Waals surface area contributed by atoms with Crippen LogP contribution < -0.4 is 20.9 Å². The van der Waals surface area contributed by atoms with Gasteiger partial charge in [0.05, 0.1) is 0 Å². The molecule has 0 unspecified atom stereocenters. The number of halogens is 2. The SMILES string of the molecule is Cc1nc(NC2CCC(NC(=O)Nc3cc(F)cc(F)c3)CC2)cc(N(C)C)n1. The van der Waals surface area contributed by atoms with Crippen LogP contribution in [0.15, 0.2) is 24.3 Å². The minimum Gasteiger partial charge on any atom is -0.367 e. The number of anilines is 3. The first kappa shape index (κ1) is 20.8. The molecule has 1 aliphatic rings. The predicted molar refractivity (Wildman–Crippen MR) is 109 cm³/mol. The molecule has 29 heavy (non-hydrogen) atoms. The number of urea groups is 1. The van der Waals surface area contributed by atoms with E-state index in [-0.39, 0.29) is 17.8 Å². The average Bonchev–Trinajstić information content (AvgIpc) is 2.62. The number of amides is 2. The Kier molecular flexibility index (Phi) is 6.46. The van der Waals surface area contributed by atoms with Gasteiger partial charge in [0, 0.05) is 44.0 Å². The first-order valence-electron chi connectivity index (χ1n) is 9.61. The normalized spacial score (nSPS) is 18.8. The summed E-state index contributed by atoms with van der Waals surface area (Å²) >= 11 is 0. The molecule has 0 saturated heterocycles. The number of hydrogen-bond donors (Lipinski definition) is 3. The van der Waals surface area contributed by atoms with Crippen molar-refractivity contribution in [3.8, 4) is 0 Å².